The summed E-state index contributed by atoms with van der Waals surface area (Å²) < 4.78 is 10.8. The number of carbonyl (C=O) groups is 1. The summed E-state index contributed by atoms with van der Waals surface area (Å²) in [6.07, 6.45) is 3.61. The first-order valence-electron chi connectivity index (χ1n) is 13.2. The fourth-order valence-electron chi connectivity index (χ4n) is 4.82. The van der Waals surface area contributed by atoms with Gasteiger partial charge < -0.3 is 25.0 Å². The topological polar surface area (TPSA) is 168 Å². The number of ether oxygens (including phenoxy) is 2. The van der Waals surface area contributed by atoms with Gasteiger partial charge in [-0.25, -0.2) is 9.97 Å². The molecule has 13 heteroatoms. The van der Waals surface area contributed by atoms with Crippen LogP contribution in [0.2, 0.25) is 0 Å². The molecule has 1 aliphatic heterocycles. The highest BCUT2D eigenvalue weighted by atomic mass is 16.5. The minimum Gasteiger partial charge on any atom is -0.493 e. The van der Waals surface area contributed by atoms with Crippen LogP contribution in [-0.4, -0.2) is 71.1 Å². The number of aryl methyl sites for hydroxylation is 1. The van der Waals surface area contributed by atoms with Crippen molar-refractivity contribution < 1.29 is 14.3 Å². The third-order valence-electron chi connectivity index (χ3n) is 6.97. The van der Waals surface area contributed by atoms with Crippen molar-refractivity contribution >= 4 is 34.5 Å². The maximum Gasteiger partial charge on any atom is 0.224 e. The fraction of sp³-hybridized carbons (Fsp3) is 0.321. The highest BCUT2D eigenvalue weighted by Gasteiger charge is 2.24. The molecule has 0 unspecified atom stereocenters. The van der Waals surface area contributed by atoms with Crippen LogP contribution in [0.1, 0.15) is 18.4 Å². The number of methoxy groups -OCH3 is 2. The van der Waals surface area contributed by atoms with Crippen molar-refractivity contribution in [2.24, 2.45) is 5.11 Å². The van der Waals surface area contributed by atoms with Gasteiger partial charge in [-0.05, 0) is 42.1 Å². The van der Waals surface area contributed by atoms with Crippen LogP contribution in [0.3, 0.4) is 0 Å². The molecule has 2 aromatic heterocycles. The molecule has 2 aromatic carbocycles. The van der Waals surface area contributed by atoms with E-state index in [9.17, 15) is 4.79 Å². The minimum atomic E-state index is 0.117. The second-order valence-electron chi connectivity index (χ2n) is 9.48. The van der Waals surface area contributed by atoms with Crippen LogP contribution in [0.25, 0.3) is 32.9 Å². The van der Waals surface area contributed by atoms with E-state index in [1.54, 1.807) is 32.5 Å². The lowest BCUT2D eigenvalue weighted by molar-refractivity contribution is -0.131. The highest BCUT2D eigenvalue weighted by molar-refractivity contribution is 5.86. The average molecular weight is 555 g/mol. The van der Waals surface area contributed by atoms with Crippen LogP contribution in [-0.2, 0) is 11.2 Å². The van der Waals surface area contributed by atoms with Gasteiger partial charge in [-0.2, -0.15) is 9.97 Å². The van der Waals surface area contributed by atoms with E-state index in [1.165, 1.54) is 0 Å². The van der Waals surface area contributed by atoms with Gasteiger partial charge in [0.15, 0.2) is 28.5 Å². The molecule has 1 fully saturated rings. The number of nitrogens with zero attached hydrogens (tertiary/aromatic N) is 9. The lowest BCUT2D eigenvalue weighted by Crippen LogP contribution is -2.49. The van der Waals surface area contributed by atoms with Gasteiger partial charge in [0.25, 0.3) is 0 Å². The number of piperazine rings is 1. The van der Waals surface area contributed by atoms with Gasteiger partial charge in [0.05, 0.1) is 26.1 Å². The molecule has 0 aliphatic carbocycles. The summed E-state index contributed by atoms with van der Waals surface area (Å²) in [5.41, 5.74) is 18.6. The Hall–Kier alpha value is -5.16. The zero-order chi connectivity index (χ0) is 28.8. The fourth-order valence-corrected chi connectivity index (χ4v) is 4.82. The van der Waals surface area contributed by atoms with Gasteiger partial charge in [0.1, 0.15) is 0 Å². The molecule has 1 aliphatic rings. The normalized spacial score (nSPS) is 13.1. The summed E-state index contributed by atoms with van der Waals surface area (Å²) in [6, 6.07) is 12.9. The van der Waals surface area contributed by atoms with Crippen LogP contribution in [0.15, 0.2) is 53.8 Å². The molecular formula is C28H30N10O3. The lowest BCUT2D eigenvalue weighted by Gasteiger charge is -2.35. The monoisotopic (exact) mass is 554 g/mol. The molecule has 0 spiro atoms. The first-order valence-corrected chi connectivity index (χ1v) is 13.2. The molecule has 0 atom stereocenters. The Bertz CT molecular complexity index is 1600. The van der Waals surface area contributed by atoms with E-state index in [-0.39, 0.29) is 11.9 Å². The van der Waals surface area contributed by atoms with Crippen molar-refractivity contribution in [3.05, 3.63) is 64.7 Å². The number of rotatable bonds is 9. The molecule has 210 valence electrons. The molecule has 2 N–H and O–H groups in total. The van der Waals surface area contributed by atoms with Crippen molar-refractivity contribution in [1.29, 1.82) is 0 Å². The highest BCUT2D eigenvalue weighted by Crippen LogP contribution is 2.33. The van der Waals surface area contributed by atoms with Gasteiger partial charge in [-0.1, -0.05) is 29.4 Å². The Labute approximate surface area is 236 Å². The number of fused-ring (bicyclic) bond motifs is 1. The molecule has 4 aromatic rings. The molecule has 5 rings (SSSR count). The predicted octanol–water partition coefficient (Wildman–Crippen LogP) is 4.30. The van der Waals surface area contributed by atoms with Gasteiger partial charge in [-0.15, -0.1) is 0 Å². The summed E-state index contributed by atoms with van der Waals surface area (Å²) in [7, 11) is 3.17. The quantitative estimate of drug-likeness (QED) is 0.180. The molecule has 1 amide bonds. The number of amides is 1. The van der Waals surface area contributed by atoms with E-state index in [0.717, 1.165) is 24.0 Å². The molecule has 0 bridgehead atoms. The number of carbonyl (C=O) groups excluding carboxylic acids is 1. The number of benzene rings is 2. The SMILES string of the molecule is COc1ccc(-c2cnc3nc(N)nc(N4CCN(C(=O)CCCc5ccc(N=[N+]=[N-])cc5)CC4)c3n2)cc1OC. The summed E-state index contributed by atoms with van der Waals surface area (Å²) in [5.74, 6) is 2.04. The maximum absolute atomic E-state index is 12.9. The number of azide groups is 1. The van der Waals surface area contributed by atoms with Gasteiger partial charge >= 0.3 is 0 Å². The second-order valence-corrected chi connectivity index (χ2v) is 9.48. The second kappa shape index (κ2) is 12.3. The van der Waals surface area contributed by atoms with E-state index >= 15 is 0 Å². The smallest absolute Gasteiger partial charge is 0.224 e. The Morgan fingerprint density at radius 2 is 1.78 bits per heavy atom. The zero-order valence-electron chi connectivity index (χ0n) is 22.9. The van der Waals surface area contributed by atoms with E-state index in [1.807, 2.05) is 35.2 Å². The Morgan fingerprint density at radius 1 is 1.02 bits per heavy atom. The molecule has 41 heavy (non-hydrogen) atoms. The first kappa shape index (κ1) is 27.4. The van der Waals surface area contributed by atoms with Crippen molar-refractivity contribution in [2.45, 2.75) is 19.3 Å². The Kier molecular flexibility index (Phi) is 8.26. The summed E-state index contributed by atoms with van der Waals surface area (Å²) in [5, 5.41) is 3.58. The number of aromatic nitrogens is 4. The Balaban J connectivity index is 1.25. The first-order chi connectivity index (χ1) is 20.0. The predicted molar refractivity (Wildman–Crippen MR) is 155 cm³/mol. The molecular weight excluding hydrogens is 524 g/mol. The maximum atomic E-state index is 12.9. The van der Waals surface area contributed by atoms with Crippen molar-refractivity contribution in [3.63, 3.8) is 0 Å². The van der Waals surface area contributed by atoms with Gasteiger partial charge in [-0.3, -0.25) is 4.79 Å². The van der Waals surface area contributed by atoms with Crippen LogP contribution < -0.4 is 20.1 Å². The average Bonchev–Trinajstić information content (AvgIpc) is 3.01. The standard InChI is InChI=1S/C28H30N10O3/c1-40-22-11-8-19(16-23(22)41-2)21-17-31-26-25(32-21)27(34-28(29)33-26)38-14-12-37(13-15-38)24(39)5-3-4-18-6-9-20(10-7-18)35-36-30/h6-11,16-17H,3-5,12-15H2,1-2H3,(H2,29,31,33,34). The minimum absolute atomic E-state index is 0.117. The lowest BCUT2D eigenvalue weighted by atomic mass is 10.1. The van der Waals surface area contributed by atoms with E-state index in [0.29, 0.717) is 72.5 Å². The largest absolute Gasteiger partial charge is 0.493 e. The van der Waals surface area contributed by atoms with Crippen LogP contribution in [0.5, 0.6) is 11.5 Å². The van der Waals surface area contributed by atoms with Crippen molar-refractivity contribution in [3.8, 4) is 22.8 Å². The summed E-state index contributed by atoms with van der Waals surface area (Å²) in [4.78, 5) is 37.8. The van der Waals surface area contributed by atoms with Gasteiger partial charge in [0.2, 0.25) is 11.9 Å². The van der Waals surface area contributed by atoms with Crippen LogP contribution >= 0.6 is 0 Å². The number of anilines is 2. The number of nitrogens with two attached hydrogens (primary N) is 1. The van der Waals surface area contributed by atoms with Crippen LogP contribution in [0.4, 0.5) is 17.5 Å². The van der Waals surface area contributed by atoms with Crippen LogP contribution in [0, 0.1) is 0 Å². The third kappa shape index (κ3) is 6.20. The van der Waals surface area contributed by atoms with E-state index in [2.05, 4.69) is 29.9 Å². The Morgan fingerprint density at radius 3 is 2.49 bits per heavy atom. The summed E-state index contributed by atoms with van der Waals surface area (Å²) >= 11 is 0. The number of hydrogen-bond donors (Lipinski definition) is 1. The van der Waals surface area contributed by atoms with Gasteiger partial charge in [0, 0.05) is 48.8 Å². The molecule has 0 saturated carbocycles. The number of nitrogen functional groups attached to an aromatic ring is 1. The molecule has 3 heterocycles. The van der Waals surface area contributed by atoms with Crippen molar-refractivity contribution in [2.75, 3.05) is 51.0 Å². The van der Waals surface area contributed by atoms with E-state index < -0.39 is 0 Å². The zero-order valence-corrected chi connectivity index (χ0v) is 22.9. The van der Waals surface area contributed by atoms with E-state index in [4.69, 9.17) is 25.7 Å². The third-order valence-corrected chi connectivity index (χ3v) is 6.97. The molecule has 1 saturated heterocycles. The van der Waals surface area contributed by atoms with Crippen molar-refractivity contribution in [1.82, 2.24) is 24.8 Å². The molecule has 0 radical (unpaired) electrons. The summed E-state index contributed by atoms with van der Waals surface area (Å²) in [6.45, 7) is 2.29. The number of hydrogen-bond acceptors (Lipinski definition) is 10. The molecule has 13 nitrogen and oxygen atoms in total.